The Morgan fingerprint density at radius 3 is 2.42 bits per heavy atom. The molecule has 0 bridgehead atoms. The van der Waals surface area contributed by atoms with Gasteiger partial charge in [-0.25, -0.2) is 0 Å². The van der Waals surface area contributed by atoms with Crippen molar-refractivity contribution in [2.75, 3.05) is 13.2 Å². The molecular formula is C22H32O4. The van der Waals surface area contributed by atoms with Gasteiger partial charge >= 0.3 is 0 Å². The fraction of sp³-hybridized carbons (Fsp3) is 0.864. The van der Waals surface area contributed by atoms with Crippen molar-refractivity contribution >= 4 is 5.78 Å². The Morgan fingerprint density at radius 2 is 1.69 bits per heavy atom. The molecule has 1 spiro atoms. The summed E-state index contributed by atoms with van der Waals surface area (Å²) in [7, 11) is 0. The number of ketones is 1. The molecule has 4 heteroatoms. The van der Waals surface area contributed by atoms with Gasteiger partial charge in [0.15, 0.2) is 11.6 Å². The van der Waals surface area contributed by atoms with Crippen molar-refractivity contribution in [3.05, 3.63) is 11.6 Å². The molecule has 0 aromatic carbocycles. The second kappa shape index (κ2) is 5.21. The van der Waals surface area contributed by atoms with Gasteiger partial charge in [-0.15, -0.1) is 0 Å². The minimum atomic E-state index is -0.643. The Labute approximate surface area is 156 Å². The Balaban J connectivity index is 1.52. The average molecular weight is 360 g/mol. The van der Waals surface area contributed by atoms with Crippen LogP contribution in [0.4, 0.5) is 0 Å². The molecule has 1 heterocycles. The first-order valence-electron chi connectivity index (χ1n) is 10.5. The average Bonchev–Trinajstić information content (AvgIpc) is 3.13. The predicted molar refractivity (Wildman–Crippen MR) is 97.4 cm³/mol. The van der Waals surface area contributed by atoms with E-state index >= 15 is 0 Å². The maximum absolute atomic E-state index is 13.3. The zero-order valence-electron chi connectivity index (χ0n) is 16.3. The van der Waals surface area contributed by atoms with Gasteiger partial charge in [0, 0.05) is 18.8 Å². The molecule has 6 atom stereocenters. The SMILES string of the molecule is C[C@]12CCC3(CC1=CC(=O)[C@@H]1[C@@H]2CC[C@@]2(C)[C@H]1CC[C@]2(C)O)OCCO3. The monoisotopic (exact) mass is 360 g/mol. The Morgan fingerprint density at radius 1 is 1.00 bits per heavy atom. The molecule has 4 nitrogen and oxygen atoms in total. The molecule has 26 heavy (non-hydrogen) atoms. The number of rotatable bonds is 0. The third-order valence-electron chi connectivity index (χ3n) is 9.33. The lowest BCUT2D eigenvalue weighted by Crippen LogP contribution is -2.57. The van der Waals surface area contributed by atoms with E-state index in [2.05, 4.69) is 13.8 Å². The van der Waals surface area contributed by atoms with Gasteiger partial charge in [-0.1, -0.05) is 19.4 Å². The van der Waals surface area contributed by atoms with Gasteiger partial charge in [0.2, 0.25) is 0 Å². The first-order chi connectivity index (χ1) is 12.2. The highest BCUT2D eigenvalue weighted by Gasteiger charge is 2.64. The molecule has 3 saturated carbocycles. The molecule has 0 amide bonds. The molecule has 4 aliphatic carbocycles. The minimum Gasteiger partial charge on any atom is -0.390 e. The maximum Gasteiger partial charge on any atom is 0.172 e. The van der Waals surface area contributed by atoms with E-state index < -0.39 is 11.4 Å². The van der Waals surface area contributed by atoms with Crippen molar-refractivity contribution in [2.24, 2.45) is 28.6 Å². The topological polar surface area (TPSA) is 55.8 Å². The van der Waals surface area contributed by atoms with Gasteiger partial charge in [0.25, 0.3) is 0 Å². The second-order valence-electron chi connectivity index (χ2n) is 10.3. The molecule has 0 aromatic heterocycles. The van der Waals surface area contributed by atoms with Crippen LogP contribution in [0, 0.1) is 28.6 Å². The molecule has 0 radical (unpaired) electrons. The van der Waals surface area contributed by atoms with Gasteiger partial charge in [0.05, 0.1) is 18.8 Å². The van der Waals surface area contributed by atoms with Crippen LogP contribution in [0.5, 0.6) is 0 Å². The molecule has 1 aliphatic heterocycles. The van der Waals surface area contributed by atoms with Crippen LogP contribution in [-0.4, -0.2) is 35.5 Å². The summed E-state index contributed by atoms with van der Waals surface area (Å²) in [6.07, 6.45) is 8.53. The lowest BCUT2D eigenvalue weighted by Gasteiger charge is -2.58. The third-order valence-corrected chi connectivity index (χ3v) is 9.33. The normalized spacial score (nSPS) is 52.4. The first kappa shape index (κ1) is 17.4. The van der Waals surface area contributed by atoms with Crippen LogP contribution in [-0.2, 0) is 14.3 Å². The number of hydrogen-bond acceptors (Lipinski definition) is 4. The molecule has 0 unspecified atom stereocenters. The lowest BCUT2D eigenvalue weighted by atomic mass is 9.46. The lowest BCUT2D eigenvalue weighted by molar-refractivity contribution is -0.187. The number of fused-ring (bicyclic) bond motifs is 5. The molecule has 144 valence electrons. The van der Waals surface area contributed by atoms with E-state index in [-0.39, 0.29) is 16.7 Å². The third kappa shape index (κ3) is 2.04. The minimum absolute atomic E-state index is 0.0783. The van der Waals surface area contributed by atoms with Gasteiger partial charge in [-0.3, -0.25) is 4.79 Å². The van der Waals surface area contributed by atoms with Gasteiger partial charge in [0.1, 0.15) is 0 Å². The summed E-state index contributed by atoms with van der Waals surface area (Å²) in [6, 6.07) is 0. The van der Waals surface area contributed by atoms with E-state index in [1.165, 1.54) is 5.57 Å². The number of hydrogen-bond donors (Lipinski definition) is 1. The number of ether oxygens (including phenoxy) is 2. The van der Waals surface area contributed by atoms with Crippen LogP contribution in [0.15, 0.2) is 11.6 Å². The van der Waals surface area contributed by atoms with E-state index in [0.717, 1.165) is 44.9 Å². The summed E-state index contributed by atoms with van der Waals surface area (Å²) < 4.78 is 11.9. The molecule has 1 N–H and O–H groups in total. The predicted octanol–water partition coefficient (Wildman–Crippen LogP) is 3.62. The summed E-state index contributed by atoms with van der Waals surface area (Å²) >= 11 is 0. The second-order valence-corrected chi connectivity index (χ2v) is 10.3. The van der Waals surface area contributed by atoms with E-state index in [1.807, 2.05) is 13.0 Å². The van der Waals surface area contributed by atoms with E-state index in [4.69, 9.17) is 9.47 Å². The van der Waals surface area contributed by atoms with Crippen molar-refractivity contribution in [2.45, 2.75) is 77.1 Å². The largest absolute Gasteiger partial charge is 0.390 e. The fourth-order valence-corrected chi connectivity index (χ4v) is 7.34. The van der Waals surface area contributed by atoms with Gasteiger partial charge in [-0.05, 0) is 67.8 Å². The van der Waals surface area contributed by atoms with Gasteiger partial charge < -0.3 is 14.6 Å². The fourth-order valence-electron chi connectivity index (χ4n) is 7.34. The summed E-state index contributed by atoms with van der Waals surface area (Å²) in [4.78, 5) is 13.3. The van der Waals surface area contributed by atoms with E-state index in [9.17, 15) is 9.90 Å². The summed E-state index contributed by atoms with van der Waals surface area (Å²) in [5, 5.41) is 11.0. The van der Waals surface area contributed by atoms with Crippen LogP contribution in [0.25, 0.3) is 0 Å². The Hall–Kier alpha value is -0.710. The summed E-state index contributed by atoms with van der Waals surface area (Å²) in [5.41, 5.74) is 0.564. The Kier molecular flexibility index (Phi) is 3.48. The highest BCUT2D eigenvalue weighted by atomic mass is 16.7. The highest BCUT2D eigenvalue weighted by Crippen LogP contribution is 2.67. The first-order valence-corrected chi connectivity index (χ1v) is 10.5. The standard InChI is InChI=1S/C22H32O4/c1-19-8-9-22(25-10-11-26-22)13-14(19)12-17(23)18-15(19)4-6-20(2)16(18)5-7-21(20,3)24/h12,15-16,18,24H,4-11,13H2,1-3H3/t15-,16-,18+,19-,20-,21-/m0/s1. The molecule has 4 fully saturated rings. The van der Waals surface area contributed by atoms with Crippen molar-refractivity contribution < 1.29 is 19.4 Å². The number of allylic oxidation sites excluding steroid dienone is 1. The number of aliphatic hydroxyl groups is 1. The molecule has 5 rings (SSSR count). The smallest absolute Gasteiger partial charge is 0.172 e. The molecule has 5 aliphatic rings. The quantitative estimate of drug-likeness (QED) is 0.717. The van der Waals surface area contributed by atoms with Gasteiger partial charge in [-0.2, -0.15) is 0 Å². The van der Waals surface area contributed by atoms with Crippen LogP contribution in [0.2, 0.25) is 0 Å². The summed E-state index contributed by atoms with van der Waals surface area (Å²) in [5.74, 6) is 0.620. The zero-order valence-corrected chi connectivity index (χ0v) is 16.3. The van der Waals surface area contributed by atoms with E-state index in [1.54, 1.807) is 0 Å². The zero-order chi connectivity index (χ0) is 18.4. The molecule has 1 saturated heterocycles. The van der Waals surface area contributed by atoms with Crippen LogP contribution < -0.4 is 0 Å². The van der Waals surface area contributed by atoms with Crippen LogP contribution >= 0.6 is 0 Å². The van der Waals surface area contributed by atoms with Crippen molar-refractivity contribution in [1.29, 1.82) is 0 Å². The Bertz CT molecular complexity index is 674. The molecular weight excluding hydrogens is 328 g/mol. The summed E-state index contributed by atoms with van der Waals surface area (Å²) in [6.45, 7) is 7.92. The van der Waals surface area contributed by atoms with Crippen molar-refractivity contribution in [1.82, 2.24) is 0 Å². The highest BCUT2D eigenvalue weighted by molar-refractivity contribution is 5.94. The van der Waals surface area contributed by atoms with Crippen LogP contribution in [0.1, 0.15) is 65.7 Å². The van der Waals surface area contributed by atoms with Crippen molar-refractivity contribution in [3.63, 3.8) is 0 Å². The van der Waals surface area contributed by atoms with E-state index in [0.29, 0.717) is 30.8 Å². The maximum atomic E-state index is 13.3. The number of carbonyl (C=O) groups is 1. The van der Waals surface area contributed by atoms with Crippen LogP contribution in [0.3, 0.4) is 0 Å². The van der Waals surface area contributed by atoms with Crippen molar-refractivity contribution in [3.8, 4) is 0 Å². The number of carbonyl (C=O) groups excluding carboxylic acids is 1. The molecule has 0 aromatic rings.